The number of imidazole rings is 1. The first-order valence-corrected chi connectivity index (χ1v) is 24.5. The number of aryl methyl sites for hydroxylation is 2. The van der Waals surface area contributed by atoms with Crippen LogP contribution in [0.1, 0.15) is 106 Å². The van der Waals surface area contributed by atoms with E-state index in [-0.39, 0.29) is 48.4 Å². The van der Waals surface area contributed by atoms with Crippen LogP contribution in [0.4, 0.5) is 11.4 Å². The summed E-state index contributed by atoms with van der Waals surface area (Å²) in [4.78, 5) is 68.2. The van der Waals surface area contributed by atoms with Gasteiger partial charge in [0.25, 0.3) is 0 Å². The Hall–Kier alpha value is -6.12. The van der Waals surface area contributed by atoms with Crippen LogP contribution in [0.5, 0.6) is 11.5 Å². The highest BCUT2D eigenvalue weighted by atomic mass is 35.5. The molecule has 15 heteroatoms. The van der Waals surface area contributed by atoms with Gasteiger partial charge in [0.15, 0.2) is 11.5 Å². The normalized spacial score (nSPS) is 19.5. The molecule has 8 rings (SSSR count). The molecule has 0 radical (unpaired) electrons. The van der Waals surface area contributed by atoms with Gasteiger partial charge in [-0.25, -0.2) is 4.79 Å². The lowest BCUT2D eigenvalue weighted by atomic mass is 9.85. The van der Waals surface area contributed by atoms with Crippen molar-refractivity contribution in [1.82, 2.24) is 25.1 Å². The monoisotopic (exact) mass is 945 g/mol. The molecule has 14 nitrogen and oxygen atoms in total. The predicted octanol–water partition coefficient (Wildman–Crippen LogP) is 7.56. The predicted molar refractivity (Wildman–Crippen MR) is 266 cm³/mol. The minimum atomic E-state index is -0.698. The summed E-state index contributed by atoms with van der Waals surface area (Å²) in [5.41, 5.74) is 7.05. The van der Waals surface area contributed by atoms with E-state index >= 15 is 0 Å². The van der Waals surface area contributed by atoms with Crippen LogP contribution in [0.3, 0.4) is 0 Å². The van der Waals surface area contributed by atoms with Crippen LogP contribution in [0.25, 0.3) is 11.0 Å². The first kappa shape index (κ1) is 48.3. The van der Waals surface area contributed by atoms with Gasteiger partial charge in [0, 0.05) is 56.0 Å². The summed E-state index contributed by atoms with van der Waals surface area (Å²) in [6.07, 6.45) is 8.51. The molecule has 2 atom stereocenters. The molecule has 2 aliphatic heterocycles. The highest BCUT2D eigenvalue weighted by Crippen LogP contribution is 2.44. The second-order valence-corrected chi connectivity index (χ2v) is 19.4. The SMILES string of the molecule is COc1cc2c(cc1OC(C)C)C(c1ccc(Cl)cc1)N(c1ccc(N(C)CC3CCC(NCC(=O)NCCCCCc4ccc5c(c4)n(C)c(=O)n5C4CCC(=O)NC4=O)CC3)cc1)C(=O)C2. The van der Waals surface area contributed by atoms with Crippen molar-refractivity contribution in [2.75, 3.05) is 43.6 Å². The number of rotatable bonds is 18. The number of aromatic nitrogens is 2. The standard InChI is InChI=1S/C53H64ClN7O7/c1-33(2)68-47-30-42-37(28-46(47)67-5)29-50(64)60(51(42)36-13-15-38(54)16-14-36)41-21-19-40(20-22-41)58(3)32-35-10-17-39(18-11-35)56-31-49(63)55-26-8-6-7-9-34-12-23-43-45(27-34)59(4)53(66)61(43)44-24-25-48(62)57-52(44)65/h12-16,19-23,27-28,30,33,35,39,44,51,56H,6-11,17-18,24-26,29,31-32H2,1-5H3,(H,55,63)(H,57,62,65). The molecule has 360 valence electrons. The number of fused-ring (bicyclic) bond motifs is 2. The van der Waals surface area contributed by atoms with Crippen LogP contribution in [0.2, 0.25) is 5.02 Å². The number of anilines is 2. The number of imide groups is 1. The summed E-state index contributed by atoms with van der Waals surface area (Å²) in [5.74, 6) is 1.06. The van der Waals surface area contributed by atoms with Gasteiger partial charge in [0.05, 0.1) is 43.3 Å². The van der Waals surface area contributed by atoms with Crippen LogP contribution in [0, 0.1) is 5.92 Å². The summed E-state index contributed by atoms with van der Waals surface area (Å²) in [6, 6.07) is 25.1. The van der Waals surface area contributed by atoms with E-state index in [4.69, 9.17) is 21.1 Å². The zero-order valence-electron chi connectivity index (χ0n) is 39.8. The number of nitrogens with zero attached hydrogens (tertiary/aromatic N) is 4. The number of unbranched alkanes of at least 4 members (excludes halogenated alkanes) is 2. The second kappa shape index (κ2) is 21.5. The van der Waals surface area contributed by atoms with E-state index in [0.717, 1.165) is 97.1 Å². The topological polar surface area (TPSA) is 156 Å². The molecule has 3 heterocycles. The minimum absolute atomic E-state index is 0.000741. The van der Waals surface area contributed by atoms with E-state index in [9.17, 15) is 24.0 Å². The second-order valence-electron chi connectivity index (χ2n) is 18.9. The van der Waals surface area contributed by atoms with Gasteiger partial charge in [0.2, 0.25) is 23.6 Å². The molecule has 3 aliphatic rings. The number of hydrogen-bond donors (Lipinski definition) is 3. The number of nitrogens with one attached hydrogen (secondary N) is 3. The van der Waals surface area contributed by atoms with E-state index in [1.54, 1.807) is 18.7 Å². The third-order valence-corrected chi connectivity index (χ3v) is 14.0. The van der Waals surface area contributed by atoms with E-state index in [1.807, 2.05) is 85.5 Å². The van der Waals surface area contributed by atoms with Gasteiger partial charge in [-0.05, 0) is 154 Å². The van der Waals surface area contributed by atoms with Crippen LogP contribution in [-0.2, 0) is 39.1 Å². The van der Waals surface area contributed by atoms with Crippen LogP contribution < -0.4 is 40.9 Å². The number of ether oxygens (including phenoxy) is 2. The minimum Gasteiger partial charge on any atom is -0.493 e. The molecule has 1 aromatic heterocycles. The van der Waals surface area contributed by atoms with Crippen molar-refractivity contribution in [3.8, 4) is 11.5 Å². The van der Waals surface area contributed by atoms with E-state index in [1.165, 1.54) is 4.57 Å². The molecule has 68 heavy (non-hydrogen) atoms. The smallest absolute Gasteiger partial charge is 0.329 e. The number of carbonyl (C=O) groups excluding carboxylic acids is 4. The fourth-order valence-electron chi connectivity index (χ4n) is 10.2. The molecule has 0 spiro atoms. The lowest BCUT2D eigenvalue weighted by molar-refractivity contribution is -0.135. The lowest BCUT2D eigenvalue weighted by Crippen LogP contribution is -2.44. The Labute approximate surface area is 403 Å². The maximum Gasteiger partial charge on any atom is 0.329 e. The van der Waals surface area contributed by atoms with Gasteiger partial charge in [-0.1, -0.05) is 36.2 Å². The lowest BCUT2D eigenvalue weighted by Gasteiger charge is -2.38. The Kier molecular flexibility index (Phi) is 15.2. The Morgan fingerprint density at radius 1 is 0.882 bits per heavy atom. The Morgan fingerprint density at radius 3 is 2.34 bits per heavy atom. The largest absolute Gasteiger partial charge is 0.493 e. The number of halogens is 1. The van der Waals surface area contributed by atoms with Crippen molar-refractivity contribution < 1.29 is 28.7 Å². The average molecular weight is 947 g/mol. The quantitative estimate of drug-likeness (QED) is 0.0596. The summed E-state index contributed by atoms with van der Waals surface area (Å²) in [5, 5.41) is 9.55. The first-order chi connectivity index (χ1) is 32.8. The number of benzene rings is 4. The Bertz CT molecular complexity index is 2690. The molecule has 5 aromatic rings. The van der Waals surface area contributed by atoms with E-state index < -0.39 is 11.9 Å². The number of piperidine rings is 1. The summed E-state index contributed by atoms with van der Waals surface area (Å²) in [7, 11) is 5.45. The van der Waals surface area contributed by atoms with Gasteiger partial charge >= 0.3 is 5.69 Å². The van der Waals surface area contributed by atoms with Gasteiger partial charge in [-0.2, -0.15) is 0 Å². The number of methoxy groups -OCH3 is 1. The summed E-state index contributed by atoms with van der Waals surface area (Å²) in [6.45, 7) is 5.82. The van der Waals surface area contributed by atoms with Crippen LogP contribution in [-0.4, -0.2) is 78.7 Å². The summed E-state index contributed by atoms with van der Waals surface area (Å²) >= 11 is 6.32. The zero-order valence-corrected chi connectivity index (χ0v) is 40.6. The van der Waals surface area contributed by atoms with Crippen LogP contribution >= 0.6 is 11.6 Å². The highest BCUT2D eigenvalue weighted by Gasteiger charge is 2.37. The van der Waals surface area contributed by atoms with E-state index in [2.05, 4.69) is 40.0 Å². The fourth-order valence-corrected chi connectivity index (χ4v) is 10.3. The third kappa shape index (κ3) is 10.9. The number of amides is 4. The molecule has 1 saturated carbocycles. The molecule has 2 unspecified atom stereocenters. The van der Waals surface area contributed by atoms with Gasteiger partial charge in [-0.3, -0.25) is 33.6 Å². The van der Waals surface area contributed by atoms with Crippen molar-refractivity contribution >= 4 is 57.6 Å². The molecule has 1 saturated heterocycles. The summed E-state index contributed by atoms with van der Waals surface area (Å²) < 4.78 is 14.9. The van der Waals surface area contributed by atoms with Gasteiger partial charge < -0.3 is 29.9 Å². The third-order valence-electron chi connectivity index (χ3n) is 13.8. The average Bonchev–Trinajstić information content (AvgIpc) is 3.57. The Morgan fingerprint density at radius 2 is 1.63 bits per heavy atom. The van der Waals surface area contributed by atoms with Crippen molar-refractivity contribution in [1.29, 1.82) is 0 Å². The van der Waals surface area contributed by atoms with Crippen molar-refractivity contribution in [2.45, 2.75) is 109 Å². The van der Waals surface area contributed by atoms with Crippen molar-refractivity contribution in [3.63, 3.8) is 0 Å². The number of carbonyl (C=O) groups is 4. The molecule has 4 aromatic carbocycles. The van der Waals surface area contributed by atoms with Crippen molar-refractivity contribution in [2.24, 2.45) is 13.0 Å². The first-order valence-electron chi connectivity index (χ1n) is 24.1. The fraction of sp³-hybridized carbons (Fsp3) is 0.453. The van der Waals surface area contributed by atoms with Gasteiger partial charge in [0.1, 0.15) is 6.04 Å². The highest BCUT2D eigenvalue weighted by molar-refractivity contribution is 6.30. The van der Waals surface area contributed by atoms with Gasteiger partial charge in [-0.15, -0.1) is 0 Å². The molecule has 3 N–H and O–H groups in total. The maximum absolute atomic E-state index is 14.0. The molecule has 0 bridgehead atoms. The molecule has 1 aliphatic carbocycles. The van der Waals surface area contributed by atoms with E-state index in [0.29, 0.717) is 53.5 Å². The Balaban J connectivity index is 0.767. The zero-order chi connectivity index (χ0) is 48.1. The van der Waals surface area contributed by atoms with Crippen LogP contribution in [0.15, 0.2) is 83.7 Å². The molecule has 4 amide bonds. The molecular weight excluding hydrogens is 882 g/mol. The van der Waals surface area contributed by atoms with Crippen molar-refractivity contribution in [3.05, 3.63) is 117 Å². The molecule has 2 fully saturated rings. The molecular formula is C53H64ClN7O7. The maximum atomic E-state index is 14.0. The number of hydrogen-bond acceptors (Lipinski definition) is 9.